The van der Waals surface area contributed by atoms with Crippen molar-refractivity contribution >= 4 is 11.9 Å². The lowest BCUT2D eigenvalue weighted by molar-refractivity contribution is -0.119. The number of benzene rings is 1. The summed E-state index contributed by atoms with van der Waals surface area (Å²) in [5, 5.41) is 14.5. The number of hydrogen-bond donors (Lipinski definition) is 3. The Morgan fingerprint density at radius 2 is 2.19 bits per heavy atom. The molecule has 0 radical (unpaired) electrons. The van der Waals surface area contributed by atoms with Crippen molar-refractivity contribution in [1.29, 1.82) is 0 Å². The Bertz CT molecular complexity index is 758. The van der Waals surface area contributed by atoms with Crippen molar-refractivity contribution in [3.05, 3.63) is 42.0 Å². The van der Waals surface area contributed by atoms with Crippen LogP contribution in [0.15, 0.2) is 35.6 Å². The molecule has 0 spiro atoms. The van der Waals surface area contributed by atoms with E-state index in [-0.39, 0.29) is 6.61 Å². The average molecular weight is 373 g/mol. The first-order valence-corrected chi connectivity index (χ1v) is 9.01. The molecule has 2 aromatic rings. The largest absolute Gasteiger partial charge is 0.484 e. The number of nitrogens with one attached hydrogen (secondary N) is 2. The molecule has 0 aliphatic carbocycles. The second-order valence-corrected chi connectivity index (χ2v) is 5.82. The van der Waals surface area contributed by atoms with Gasteiger partial charge in [-0.25, -0.2) is 4.99 Å². The van der Waals surface area contributed by atoms with E-state index in [1.807, 2.05) is 29.7 Å². The predicted octanol–water partition coefficient (Wildman–Crippen LogP) is 0.460. The molecule has 0 aliphatic rings. The van der Waals surface area contributed by atoms with E-state index in [0.29, 0.717) is 18.8 Å². The van der Waals surface area contributed by atoms with Crippen LogP contribution in [0.25, 0.3) is 0 Å². The minimum absolute atomic E-state index is 0.139. The quantitative estimate of drug-likeness (QED) is 0.411. The number of carbonyl (C=O) groups excluding carboxylic acids is 1. The number of hydrogen-bond acceptors (Lipinski definition) is 5. The summed E-state index contributed by atoms with van der Waals surface area (Å²) in [4.78, 5) is 15.4. The summed E-state index contributed by atoms with van der Waals surface area (Å²) in [6.45, 7) is 6.65. The topological polar surface area (TPSA) is 119 Å². The fourth-order valence-electron chi connectivity index (χ4n) is 2.43. The normalized spacial score (nSPS) is 11.3. The van der Waals surface area contributed by atoms with Gasteiger partial charge in [-0.05, 0) is 24.6 Å². The van der Waals surface area contributed by atoms with Crippen molar-refractivity contribution in [2.75, 3.05) is 19.7 Å². The third-order valence-corrected chi connectivity index (χ3v) is 3.70. The number of nitrogens with two attached hydrogens (primary N) is 1. The van der Waals surface area contributed by atoms with Gasteiger partial charge in [0.05, 0.1) is 6.54 Å². The number of amides is 1. The summed E-state index contributed by atoms with van der Waals surface area (Å²) in [7, 11) is 0. The van der Waals surface area contributed by atoms with Crippen LogP contribution in [-0.4, -0.2) is 46.3 Å². The first kappa shape index (κ1) is 20.2. The van der Waals surface area contributed by atoms with Crippen molar-refractivity contribution in [3.8, 4) is 5.75 Å². The minimum atomic E-state index is -0.503. The first-order chi connectivity index (χ1) is 13.1. The van der Waals surface area contributed by atoms with Crippen LogP contribution in [0.4, 0.5) is 0 Å². The molecule has 0 atom stereocenters. The zero-order chi connectivity index (χ0) is 19.5. The van der Waals surface area contributed by atoms with E-state index in [1.54, 1.807) is 12.4 Å². The van der Waals surface area contributed by atoms with Crippen molar-refractivity contribution in [3.63, 3.8) is 0 Å². The van der Waals surface area contributed by atoms with Gasteiger partial charge < -0.3 is 25.7 Å². The van der Waals surface area contributed by atoms with Gasteiger partial charge in [0, 0.05) is 26.1 Å². The van der Waals surface area contributed by atoms with Crippen molar-refractivity contribution < 1.29 is 9.53 Å². The molecule has 146 valence electrons. The molecular formula is C18H27N7O2. The maximum absolute atomic E-state index is 10.8. The second-order valence-electron chi connectivity index (χ2n) is 5.82. The molecule has 2 rings (SSSR count). The van der Waals surface area contributed by atoms with Gasteiger partial charge in [0.15, 0.2) is 12.6 Å². The summed E-state index contributed by atoms with van der Waals surface area (Å²) < 4.78 is 7.35. The number of aromatic nitrogens is 3. The molecule has 9 nitrogen and oxygen atoms in total. The maximum atomic E-state index is 10.8. The Kier molecular flexibility index (Phi) is 8.08. The van der Waals surface area contributed by atoms with Crippen LogP contribution in [-0.2, 0) is 24.3 Å². The van der Waals surface area contributed by atoms with Gasteiger partial charge in [-0.3, -0.25) is 4.79 Å². The first-order valence-electron chi connectivity index (χ1n) is 9.01. The summed E-state index contributed by atoms with van der Waals surface area (Å²) in [6.07, 6.45) is 2.59. The molecule has 4 N–H and O–H groups in total. The second kappa shape index (κ2) is 10.8. The van der Waals surface area contributed by atoms with Crippen LogP contribution in [0.2, 0.25) is 0 Å². The highest BCUT2D eigenvalue weighted by atomic mass is 16.5. The lowest BCUT2D eigenvalue weighted by atomic mass is 10.2. The molecule has 1 aromatic heterocycles. The van der Waals surface area contributed by atoms with Crippen molar-refractivity contribution in [1.82, 2.24) is 25.4 Å². The molecule has 0 unspecified atom stereocenters. The Labute approximate surface area is 159 Å². The smallest absolute Gasteiger partial charge is 0.255 e. The summed E-state index contributed by atoms with van der Waals surface area (Å²) in [5.74, 6) is 1.79. The van der Waals surface area contributed by atoms with Crippen LogP contribution in [0.5, 0.6) is 5.75 Å². The molecule has 0 fully saturated rings. The number of guanidine groups is 1. The third kappa shape index (κ3) is 6.96. The number of aliphatic imine (C=N–C) groups is 1. The number of nitrogens with zero attached hydrogens (tertiary/aromatic N) is 4. The van der Waals surface area contributed by atoms with Crippen LogP contribution >= 0.6 is 0 Å². The van der Waals surface area contributed by atoms with Crippen LogP contribution < -0.4 is 21.1 Å². The minimum Gasteiger partial charge on any atom is -0.484 e. The van der Waals surface area contributed by atoms with Gasteiger partial charge in [0.2, 0.25) is 0 Å². The van der Waals surface area contributed by atoms with E-state index in [4.69, 9.17) is 10.5 Å². The van der Waals surface area contributed by atoms with E-state index >= 15 is 0 Å². The molecule has 27 heavy (non-hydrogen) atoms. The number of carbonyl (C=O) groups is 1. The van der Waals surface area contributed by atoms with Crippen LogP contribution in [0, 0.1) is 0 Å². The number of rotatable bonds is 10. The SMILES string of the molecule is CCNC(=NCc1cccc(OCC(N)=O)c1)NCCn1cnnc1CC. The van der Waals surface area contributed by atoms with Gasteiger partial charge in [-0.15, -0.1) is 10.2 Å². The van der Waals surface area contributed by atoms with Crippen molar-refractivity contribution in [2.24, 2.45) is 10.7 Å². The fourth-order valence-corrected chi connectivity index (χ4v) is 2.43. The number of ether oxygens (including phenoxy) is 1. The lowest BCUT2D eigenvalue weighted by Crippen LogP contribution is -2.38. The average Bonchev–Trinajstić information content (AvgIpc) is 3.12. The van der Waals surface area contributed by atoms with Gasteiger partial charge >= 0.3 is 0 Å². The molecule has 0 aliphatic heterocycles. The molecular weight excluding hydrogens is 346 g/mol. The maximum Gasteiger partial charge on any atom is 0.255 e. The summed E-state index contributed by atoms with van der Waals surface area (Å²) in [5.41, 5.74) is 6.07. The Morgan fingerprint density at radius 3 is 2.93 bits per heavy atom. The molecule has 0 saturated carbocycles. The lowest BCUT2D eigenvalue weighted by Gasteiger charge is -2.12. The van der Waals surface area contributed by atoms with E-state index in [0.717, 1.165) is 36.9 Å². The van der Waals surface area contributed by atoms with Gasteiger partial charge in [0.25, 0.3) is 5.91 Å². The van der Waals surface area contributed by atoms with E-state index in [2.05, 4.69) is 32.7 Å². The molecule has 9 heteroatoms. The predicted molar refractivity (Wildman–Crippen MR) is 103 cm³/mol. The highest BCUT2D eigenvalue weighted by Crippen LogP contribution is 2.13. The van der Waals surface area contributed by atoms with E-state index in [1.165, 1.54) is 0 Å². The molecule has 1 heterocycles. The Balaban J connectivity index is 1.90. The fraction of sp³-hybridized carbons (Fsp3) is 0.444. The summed E-state index contributed by atoms with van der Waals surface area (Å²) in [6, 6.07) is 7.44. The highest BCUT2D eigenvalue weighted by molar-refractivity contribution is 5.79. The molecule has 0 saturated heterocycles. The monoisotopic (exact) mass is 373 g/mol. The van der Waals surface area contributed by atoms with E-state index in [9.17, 15) is 4.79 Å². The van der Waals surface area contributed by atoms with Gasteiger partial charge in [-0.2, -0.15) is 0 Å². The zero-order valence-corrected chi connectivity index (χ0v) is 15.8. The number of primary amides is 1. The number of aryl methyl sites for hydroxylation is 1. The van der Waals surface area contributed by atoms with Crippen molar-refractivity contribution in [2.45, 2.75) is 33.4 Å². The van der Waals surface area contributed by atoms with E-state index < -0.39 is 5.91 Å². The highest BCUT2D eigenvalue weighted by Gasteiger charge is 2.03. The molecule has 0 bridgehead atoms. The standard InChI is InChI=1S/C18H27N7O2/c1-3-17-24-23-13-25(17)9-8-21-18(20-4-2)22-11-14-6-5-7-15(10-14)27-12-16(19)26/h5-7,10,13H,3-4,8-9,11-12H2,1-2H3,(H2,19,26)(H2,20,21,22). The Hall–Kier alpha value is -3.10. The molecule has 1 amide bonds. The molecule has 1 aromatic carbocycles. The summed E-state index contributed by atoms with van der Waals surface area (Å²) >= 11 is 0. The zero-order valence-electron chi connectivity index (χ0n) is 15.8. The Morgan fingerprint density at radius 1 is 1.33 bits per heavy atom. The van der Waals surface area contributed by atoms with Crippen LogP contribution in [0.1, 0.15) is 25.2 Å². The van der Waals surface area contributed by atoms with Crippen LogP contribution in [0.3, 0.4) is 0 Å². The van der Waals surface area contributed by atoms with Gasteiger partial charge in [0.1, 0.15) is 17.9 Å². The van der Waals surface area contributed by atoms with Gasteiger partial charge in [-0.1, -0.05) is 19.1 Å². The third-order valence-electron chi connectivity index (χ3n) is 3.70.